The van der Waals surface area contributed by atoms with E-state index in [9.17, 15) is 4.79 Å². The molecule has 1 amide bonds. The zero-order valence-corrected chi connectivity index (χ0v) is 14.7. The SMILES string of the molecule is CCCn1cc(C(=O)N2CCC(CCn3cccn3)CC2)c(C)n1. The van der Waals surface area contributed by atoms with Crippen molar-refractivity contribution in [2.75, 3.05) is 13.1 Å². The van der Waals surface area contributed by atoms with Crippen molar-refractivity contribution in [1.29, 1.82) is 0 Å². The summed E-state index contributed by atoms with van der Waals surface area (Å²) in [6.45, 7) is 7.57. The Morgan fingerprint density at radius 1 is 1.25 bits per heavy atom. The number of hydrogen-bond acceptors (Lipinski definition) is 3. The van der Waals surface area contributed by atoms with Crippen molar-refractivity contribution in [1.82, 2.24) is 24.5 Å². The molecule has 0 saturated carbocycles. The number of nitrogens with zero attached hydrogens (tertiary/aromatic N) is 5. The standard InChI is InChI=1S/C18H27N5O/c1-3-9-23-14-17(15(2)20-23)18(24)21-11-5-16(6-12-21)7-13-22-10-4-8-19-22/h4,8,10,14,16H,3,5-7,9,11-13H2,1-2H3. The van der Waals surface area contributed by atoms with E-state index in [1.807, 2.05) is 45.8 Å². The Hall–Kier alpha value is -2.11. The molecule has 0 unspecified atom stereocenters. The van der Waals surface area contributed by atoms with Gasteiger partial charge in [0.05, 0.1) is 11.3 Å². The molecule has 1 aliphatic rings. The highest BCUT2D eigenvalue weighted by molar-refractivity contribution is 5.95. The van der Waals surface area contributed by atoms with Crippen molar-refractivity contribution in [2.45, 2.75) is 52.6 Å². The fourth-order valence-electron chi connectivity index (χ4n) is 3.41. The molecule has 3 rings (SSSR count). The summed E-state index contributed by atoms with van der Waals surface area (Å²) >= 11 is 0. The number of piperidine rings is 1. The molecule has 130 valence electrons. The second-order valence-corrected chi connectivity index (χ2v) is 6.68. The van der Waals surface area contributed by atoms with Gasteiger partial charge in [0, 0.05) is 44.8 Å². The van der Waals surface area contributed by atoms with E-state index in [1.165, 1.54) is 0 Å². The molecular formula is C18H27N5O. The van der Waals surface area contributed by atoms with E-state index in [1.54, 1.807) is 0 Å². The van der Waals surface area contributed by atoms with Crippen LogP contribution in [0.2, 0.25) is 0 Å². The number of amides is 1. The van der Waals surface area contributed by atoms with Gasteiger partial charge in [0.15, 0.2) is 0 Å². The van der Waals surface area contributed by atoms with E-state index < -0.39 is 0 Å². The largest absolute Gasteiger partial charge is 0.339 e. The van der Waals surface area contributed by atoms with Crippen LogP contribution >= 0.6 is 0 Å². The molecule has 0 spiro atoms. The molecule has 1 aliphatic heterocycles. The van der Waals surface area contributed by atoms with Crippen molar-refractivity contribution in [3.05, 3.63) is 35.9 Å². The third-order valence-electron chi connectivity index (χ3n) is 4.86. The molecule has 6 nitrogen and oxygen atoms in total. The van der Waals surface area contributed by atoms with Gasteiger partial charge in [-0.25, -0.2) is 0 Å². The van der Waals surface area contributed by atoms with Crippen LogP contribution in [0.1, 0.15) is 48.7 Å². The second kappa shape index (κ2) is 7.64. The number of likely N-dealkylation sites (tertiary alicyclic amines) is 1. The fourth-order valence-corrected chi connectivity index (χ4v) is 3.41. The molecule has 1 saturated heterocycles. The predicted molar refractivity (Wildman–Crippen MR) is 92.7 cm³/mol. The molecule has 1 fully saturated rings. The summed E-state index contributed by atoms with van der Waals surface area (Å²) in [4.78, 5) is 14.7. The minimum Gasteiger partial charge on any atom is -0.339 e. The van der Waals surface area contributed by atoms with Gasteiger partial charge in [-0.2, -0.15) is 10.2 Å². The lowest BCUT2D eigenvalue weighted by Gasteiger charge is -2.32. The molecule has 24 heavy (non-hydrogen) atoms. The van der Waals surface area contributed by atoms with E-state index in [4.69, 9.17) is 0 Å². The summed E-state index contributed by atoms with van der Waals surface area (Å²) in [5.74, 6) is 0.822. The van der Waals surface area contributed by atoms with E-state index in [2.05, 4.69) is 17.1 Å². The van der Waals surface area contributed by atoms with Crippen LogP contribution in [0.5, 0.6) is 0 Å². The molecule has 0 bridgehead atoms. The smallest absolute Gasteiger partial charge is 0.257 e. The van der Waals surface area contributed by atoms with Crippen molar-refractivity contribution < 1.29 is 4.79 Å². The summed E-state index contributed by atoms with van der Waals surface area (Å²) in [6.07, 6.45) is 10.1. The topological polar surface area (TPSA) is 56.0 Å². The fraction of sp³-hybridized carbons (Fsp3) is 0.611. The average Bonchev–Trinajstić information content (AvgIpc) is 3.23. The molecule has 6 heteroatoms. The monoisotopic (exact) mass is 329 g/mol. The van der Waals surface area contributed by atoms with Crippen molar-refractivity contribution in [3.8, 4) is 0 Å². The lowest BCUT2D eigenvalue weighted by molar-refractivity contribution is 0.0683. The summed E-state index contributed by atoms with van der Waals surface area (Å²) in [7, 11) is 0. The molecular weight excluding hydrogens is 302 g/mol. The van der Waals surface area contributed by atoms with Gasteiger partial charge in [0.2, 0.25) is 0 Å². The lowest BCUT2D eigenvalue weighted by atomic mass is 9.93. The third kappa shape index (κ3) is 3.86. The summed E-state index contributed by atoms with van der Waals surface area (Å²) in [6, 6.07) is 1.96. The molecule has 0 radical (unpaired) electrons. The number of carbonyl (C=O) groups is 1. The van der Waals surface area contributed by atoms with Crippen LogP contribution in [0.25, 0.3) is 0 Å². The van der Waals surface area contributed by atoms with E-state index in [0.717, 1.165) is 63.1 Å². The highest BCUT2D eigenvalue weighted by Crippen LogP contribution is 2.23. The zero-order valence-electron chi connectivity index (χ0n) is 14.7. The minimum atomic E-state index is 0.139. The molecule has 0 aromatic carbocycles. The molecule has 0 atom stereocenters. The van der Waals surface area contributed by atoms with Crippen LogP contribution < -0.4 is 0 Å². The van der Waals surface area contributed by atoms with Crippen molar-refractivity contribution in [2.24, 2.45) is 5.92 Å². The first-order chi connectivity index (χ1) is 11.7. The van der Waals surface area contributed by atoms with E-state index in [0.29, 0.717) is 5.92 Å². The van der Waals surface area contributed by atoms with Gasteiger partial charge in [-0.15, -0.1) is 0 Å². The van der Waals surface area contributed by atoms with Gasteiger partial charge in [-0.1, -0.05) is 6.92 Å². The quantitative estimate of drug-likeness (QED) is 0.819. The van der Waals surface area contributed by atoms with Crippen LogP contribution in [0.3, 0.4) is 0 Å². The Labute approximate surface area is 143 Å². The van der Waals surface area contributed by atoms with Crippen LogP contribution in [0, 0.1) is 12.8 Å². The Morgan fingerprint density at radius 2 is 2.04 bits per heavy atom. The van der Waals surface area contributed by atoms with Crippen LogP contribution in [-0.4, -0.2) is 43.5 Å². The molecule has 2 aromatic heterocycles. The maximum absolute atomic E-state index is 12.7. The van der Waals surface area contributed by atoms with Crippen molar-refractivity contribution >= 4 is 5.91 Å². The zero-order chi connectivity index (χ0) is 16.9. The van der Waals surface area contributed by atoms with Gasteiger partial charge < -0.3 is 4.90 Å². The number of carbonyl (C=O) groups excluding carboxylic acids is 1. The maximum atomic E-state index is 12.7. The number of rotatable bonds is 6. The van der Waals surface area contributed by atoms with Crippen molar-refractivity contribution in [3.63, 3.8) is 0 Å². The summed E-state index contributed by atoms with van der Waals surface area (Å²) < 4.78 is 3.88. The van der Waals surface area contributed by atoms with Gasteiger partial charge in [-0.3, -0.25) is 14.2 Å². The molecule has 3 heterocycles. The normalized spacial score (nSPS) is 15.8. The van der Waals surface area contributed by atoms with Gasteiger partial charge in [0.1, 0.15) is 0 Å². The van der Waals surface area contributed by atoms with Gasteiger partial charge in [0.25, 0.3) is 5.91 Å². The van der Waals surface area contributed by atoms with Gasteiger partial charge >= 0.3 is 0 Å². The van der Waals surface area contributed by atoms with Gasteiger partial charge in [-0.05, 0) is 44.6 Å². The van der Waals surface area contributed by atoms with E-state index >= 15 is 0 Å². The first-order valence-corrected chi connectivity index (χ1v) is 8.98. The molecule has 0 aliphatic carbocycles. The lowest BCUT2D eigenvalue weighted by Crippen LogP contribution is -2.38. The Kier molecular flexibility index (Phi) is 5.33. The summed E-state index contributed by atoms with van der Waals surface area (Å²) in [5, 5.41) is 8.70. The van der Waals surface area contributed by atoms with Crippen LogP contribution in [0.15, 0.2) is 24.7 Å². The molecule has 2 aromatic rings. The van der Waals surface area contributed by atoms with E-state index in [-0.39, 0.29) is 5.91 Å². The van der Waals surface area contributed by atoms with Crippen LogP contribution in [0.4, 0.5) is 0 Å². The Morgan fingerprint density at radius 3 is 2.71 bits per heavy atom. The maximum Gasteiger partial charge on any atom is 0.257 e. The Balaban J connectivity index is 1.51. The first kappa shape index (κ1) is 16.7. The Bertz CT molecular complexity index is 653. The minimum absolute atomic E-state index is 0.139. The third-order valence-corrected chi connectivity index (χ3v) is 4.86. The highest BCUT2D eigenvalue weighted by atomic mass is 16.2. The van der Waals surface area contributed by atoms with Crippen LogP contribution in [-0.2, 0) is 13.1 Å². The molecule has 0 N–H and O–H groups in total. The average molecular weight is 329 g/mol. The first-order valence-electron chi connectivity index (χ1n) is 8.98. The number of hydrogen-bond donors (Lipinski definition) is 0. The number of aromatic nitrogens is 4. The number of aryl methyl sites for hydroxylation is 3. The predicted octanol–water partition coefficient (Wildman–Crippen LogP) is 2.74. The highest BCUT2D eigenvalue weighted by Gasteiger charge is 2.25. The summed E-state index contributed by atoms with van der Waals surface area (Å²) in [5.41, 5.74) is 1.60. The second-order valence-electron chi connectivity index (χ2n) is 6.68.